The monoisotopic (exact) mass is 360 g/mol. The highest BCUT2D eigenvalue weighted by atomic mass is 14.6. The van der Waals surface area contributed by atoms with Crippen LogP contribution in [-0.4, -0.2) is 0 Å². The molecule has 0 amide bonds. The van der Waals surface area contributed by atoms with Crippen LogP contribution in [0, 0.1) is 24.7 Å². The van der Waals surface area contributed by atoms with Crippen molar-refractivity contribution in [3.63, 3.8) is 0 Å². The molecule has 28 heavy (non-hydrogen) atoms. The number of hydrogen-bond donors (Lipinski definition) is 0. The Morgan fingerprint density at radius 2 is 1.32 bits per heavy atom. The van der Waals surface area contributed by atoms with Gasteiger partial charge in [0.05, 0.1) is 0 Å². The summed E-state index contributed by atoms with van der Waals surface area (Å²) in [6.45, 7) is 2.21. The topological polar surface area (TPSA) is 0 Å². The molecule has 7 rings (SSSR count). The Morgan fingerprint density at radius 3 is 2.18 bits per heavy atom. The average molecular weight is 361 g/mol. The Bertz CT molecular complexity index is 1180. The predicted octanol–water partition coefficient (Wildman–Crippen LogP) is 7.08. The molecule has 4 aliphatic carbocycles. The molecule has 0 aliphatic heterocycles. The highest BCUT2D eigenvalue weighted by Gasteiger charge is 2.54. The number of fused-ring (bicyclic) bond motifs is 10. The molecule has 0 heteroatoms. The molecule has 0 N–H and O–H groups in total. The molecule has 3 aromatic rings. The number of benzene rings is 3. The Balaban J connectivity index is 1.60. The lowest BCUT2D eigenvalue weighted by Crippen LogP contribution is -2.16. The van der Waals surface area contributed by atoms with Crippen LogP contribution < -0.4 is 0 Å². The van der Waals surface area contributed by atoms with Gasteiger partial charge in [0.25, 0.3) is 0 Å². The van der Waals surface area contributed by atoms with Crippen LogP contribution in [0.25, 0.3) is 22.3 Å². The van der Waals surface area contributed by atoms with Crippen molar-refractivity contribution in [2.24, 2.45) is 17.8 Å². The quantitative estimate of drug-likeness (QED) is 0.314. The second kappa shape index (κ2) is 5.26. The van der Waals surface area contributed by atoms with E-state index in [4.69, 9.17) is 0 Å². The van der Waals surface area contributed by atoms with Gasteiger partial charge in [-0.25, -0.2) is 0 Å². The normalized spacial score (nSPS) is 30.9. The summed E-state index contributed by atoms with van der Waals surface area (Å²) >= 11 is 0. The van der Waals surface area contributed by atoms with Gasteiger partial charge in [0.1, 0.15) is 0 Å². The van der Waals surface area contributed by atoms with Crippen molar-refractivity contribution in [3.8, 4) is 11.1 Å². The van der Waals surface area contributed by atoms with Crippen LogP contribution in [0.5, 0.6) is 0 Å². The van der Waals surface area contributed by atoms with Gasteiger partial charge in [-0.3, -0.25) is 0 Å². The Kier molecular flexibility index (Phi) is 2.88. The third kappa shape index (κ3) is 1.77. The predicted molar refractivity (Wildman–Crippen MR) is 116 cm³/mol. The van der Waals surface area contributed by atoms with E-state index in [-0.39, 0.29) is 0 Å². The largest absolute Gasteiger partial charge is 0.0619 e. The minimum absolute atomic E-state index is 0.728. The summed E-state index contributed by atoms with van der Waals surface area (Å²) in [5.74, 6) is 3.28. The van der Waals surface area contributed by atoms with Crippen LogP contribution in [0.4, 0.5) is 0 Å². The first-order valence-corrected chi connectivity index (χ1v) is 10.9. The Labute approximate surface area is 166 Å². The lowest BCUT2D eigenvalue weighted by atomic mass is 9.76. The zero-order valence-electron chi connectivity index (χ0n) is 16.3. The lowest BCUT2D eigenvalue weighted by Gasteiger charge is -2.27. The van der Waals surface area contributed by atoms with Crippen molar-refractivity contribution < 1.29 is 0 Å². The summed E-state index contributed by atoms with van der Waals surface area (Å²) in [7, 11) is 0. The van der Waals surface area contributed by atoms with Gasteiger partial charge in [-0.2, -0.15) is 0 Å². The van der Waals surface area contributed by atoms with E-state index in [0.29, 0.717) is 0 Å². The third-order valence-corrected chi connectivity index (χ3v) is 8.06. The molecule has 4 atom stereocenters. The highest BCUT2D eigenvalue weighted by Crippen LogP contribution is 2.67. The van der Waals surface area contributed by atoms with Crippen molar-refractivity contribution in [1.82, 2.24) is 0 Å². The minimum atomic E-state index is 0.728. The average Bonchev–Trinajstić information content (AvgIpc) is 3.47. The molecule has 0 aromatic heterocycles. The van der Waals surface area contributed by atoms with Gasteiger partial charge in [-0.1, -0.05) is 72.3 Å². The zero-order valence-corrected chi connectivity index (χ0v) is 16.3. The summed E-state index contributed by atoms with van der Waals surface area (Å²) < 4.78 is 0. The molecule has 0 heterocycles. The molecule has 2 bridgehead atoms. The van der Waals surface area contributed by atoms with Gasteiger partial charge >= 0.3 is 0 Å². The van der Waals surface area contributed by atoms with Crippen LogP contribution in [0.1, 0.15) is 53.0 Å². The van der Waals surface area contributed by atoms with E-state index in [9.17, 15) is 0 Å². The number of aryl methyl sites for hydroxylation is 1. The van der Waals surface area contributed by atoms with E-state index in [1.165, 1.54) is 52.7 Å². The van der Waals surface area contributed by atoms with Crippen LogP contribution in [0.2, 0.25) is 0 Å². The Morgan fingerprint density at radius 1 is 0.643 bits per heavy atom. The van der Waals surface area contributed by atoms with E-state index in [1.54, 1.807) is 16.7 Å². The maximum atomic E-state index is 2.43. The molecule has 0 nitrogen and oxygen atoms in total. The van der Waals surface area contributed by atoms with Crippen molar-refractivity contribution in [2.45, 2.75) is 32.1 Å². The maximum absolute atomic E-state index is 2.43. The van der Waals surface area contributed by atoms with Crippen LogP contribution in [0.3, 0.4) is 0 Å². The molecule has 3 aromatic carbocycles. The van der Waals surface area contributed by atoms with E-state index in [2.05, 4.69) is 73.7 Å². The zero-order chi connectivity index (χ0) is 18.4. The van der Waals surface area contributed by atoms with Gasteiger partial charge in [-0.15, -0.1) is 0 Å². The van der Waals surface area contributed by atoms with E-state index >= 15 is 0 Å². The van der Waals surface area contributed by atoms with Crippen molar-refractivity contribution in [1.29, 1.82) is 0 Å². The van der Waals surface area contributed by atoms with Gasteiger partial charge in [-0.05, 0) is 94.4 Å². The van der Waals surface area contributed by atoms with E-state index < -0.39 is 0 Å². The number of allylic oxidation sites excluding steroid dienone is 1. The highest BCUT2D eigenvalue weighted by molar-refractivity contribution is 6.12. The summed E-state index contributed by atoms with van der Waals surface area (Å²) in [4.78, 5) is 0. The van der Waals surface area contributed by atoms with Crippen LogP contribution in [0.15, 0.2) is 66.7 Å². The van der Waals surface area contributed by atoms with E-state index in [0.717, 1.165) is 23.7 Å². The summed E-state index contributed by atoms with van der Waals surface area (Å²) in [5, 5.41) is 0. The summed E-state index contributed by atoms with van der Waals surface area (Å²) in [5.41, 5.74) is 13.5. The van der Waals surface area contributed by atoms with Crippen molar-refractivity contribution in [2.75, 3.05) is 0 Å². The van der Waals surface area contributed by atoms with Gasteiger partial charge < -0.3 is 0 Å². The van der Waals surface area contributed by atoms with Gasteiger partial charge in [0.2, 0.25) is 0 Å². The summed E-state index contributed by atoms with van der Waals surface area (Å²) in [6.07, 6.45) is 4.32. The van der Waals surface area contributed by atoms with Crippen molar-refractivity contribution >= 4 is 11.1 Å². The molecule has 0 radical (unpaired) electrons. The second-order valence-corrected chi connectivity index (χ2v) is 9.36. The van der Waals surface area contributed by atoms with Crippen LogP contribution in [-0.2, 0) is 0 Å². The first-order chi connectivity index (χ1) is 13.8. The molecule has 0 saturated heterocycles. The third-order valence-electron chi connectivity index (χ3n) is 8.06. The Hall–Kier alpha value is -2.60. The minimum Gasteiger partial charge on any atom is -0.0619 e. The fourth-order valence-corrected chi connectivity index (χ4v) is 7.14. The maximum Gasteiger partial charge on any atom is -0.00493 e. The summed E-state index contributed by atoms with van der Waals surface area (Å²) in [6, 6.07) is 25.5. The fourth-order valence-electron chi connectivity index (χ4n) is 7.14. The van der Waals surface area contributed by atoms with Crippen LogP contribution >= 0.6 is 0 Å². The molecule has 0 spiro atoms. The number of rotatable bonds is 0. The second-order valence-electron chi connectivity index (χ2n) is 9.36. The lowest BCUT2D eigenvalue weighted by molar-refractivity contribution is 0.365. The first kappa shape index (κ1) is 15.3. The molecule has 4 aliphatic rings. The smallest absolute Gasteiger partial charge is 0.00493 e. The molecule has 2 saturated carbocycles. The first-order valence-electron chi connectivity index (χ1n) is 10.9. The molecule has 2 unspecified atom stereocenters. The number of hydrogen-bond acceptors (Lipinski definition) is 0. The standard InChI is InChI=1S/C28H24/c1-16-10-13-23-24(14-16)19-6-2-3-7-20(19)27(23)28-22-9-5-4-8-21(22)25-17-11-12-18(15-17)26(25)28/h2-10,13-14,17-18,25-26H,11-12,15H2,1H3/b28-27+/t17-,18+,25?,26?/m1/s1. The fraction of sp³-hybridized carbons (Fsp3) is 0.286. The van der Waals surface area contributed by atoms with E-state index in [1.807, 2.05) is 0 Å². The SMILES string of the molecule is Cc1ccc2c(c1)-c1ccccc1/C2=C1/c2ccccc2C2C1[C@H]1CC[C@@H]2C1. The van der Waals surface area contributed by atoms with Gasteiger partial charge in [0.15, 0.2) is 0 Å². The molecular weight excluding hydrogens is 336 g/mol. The molecular formula is C28H24. The molecule has 136 valence electrons. The van der Waals surface area contributed by atoms with Crippen molar-refractivity contribution in [3.05, 3.63) is 94.5 Å². The molecule has 2 fully saturated rings. The van der Waals surface area contributed by atoms with Gasteiger partial charge in [0, 0.05) is 0 Å².